The van der Waals surface area contributed by atoms with Gasteiger partial charge in [-0.1, -0.05) is 35.5 Å². The second kappa shape index (κ2) is 6.83. The minimum Gasteiger partial charge on any atom is -0.337 e. The molecule has 1 unspecified atom stereocenters. The van der Waals surface area contributed by atoms with Crippen molar-refractivity contribution in [2.24, 2.45) is 5.73 Å². The fourth-order valence-electron chi connectivity index (χ4n) is 1.55. The summed E-state index contributed by atoms with van der Waals surface area (Å²) >= 11 is 0. The minimum atomic E-state index is -3.04. The van der Waals surface area contributed by atoms with Crippen LogP contribution in [0.15, 0.2) is 34.9 Å². The summed E-state index contributed by atoms with van der Waals surface area (Å²) in [7, 11) is -3.04. The zero-order valence-electron chi connectivity index (χ0n) is 10.9. The number of nitrogens with zero attached hydrogens (tertiary/aromatic N) is 2. The van der Waals surface area contributed by atoms with E-state index in [1.54, 1.807) is 0 Å². The van der Waals surface area contributed by atoms with Gasteiger partial charge in [0.05, 0.1) is 11.8 Å². The summed E-state index contributed by atoms with van der Waals surface area (Å²) < 4.78 is 27.2. The molecule has 20 heavy (non-hydrogen) atoms. The molecule has 110 valence electrons. The van der Waals surface area contributed by atoms with Gasteiger partial charge in [0.2, 0.25) is 11.7 Å². The normalized spacial score (nSPS) is 12.7. The first-order chi connectivity index (χ1) is 8.96. The molecule has 0 aliphatic carbocycles. The Morgan fingerprint density at radius 3 is 2.55 bits per heavy atom. The number of hydrogen-bond donors (Lipinski definition) is 1. The summed E-state index contributed by atoms with van der Waals surface area (Å²) in [5, 5.41) is 3.84. The summed E-state index contributed by atoms with van der Waals surface area (Å²) in [6, 6.07) is 8.78. The molecule has 8 heteroatoms. The average molecular weight is 318 g/mol. The van der Waals surface area contributed by atoms with E-state index in [9.17, 15) is 8.42 Å². The predicted molar refractivity (Wildman–Crippen MR) is 78.2 cm³/mol. The maximum atomic E-state index is 11.1. The number of halogens is 1. The molecule has 0 radical (unpaired) electrons. The van der Waals surface area contributed by atoms with Gasteiger partial charge in [-0.15, -0.1) is 12.4 Å². The maximum Gasteiger partial charge on any atom is 0.243 e. The van der Waals surface area contributed by atoms with Crippen LogP contribution < -0.4 is 5.73 Å². The molecule has 0 aliphatic heterocycles. The predicted octanol–water partition coefficient (Wildman–Crippen LogP) is 1.59. The lowest BCUT2D eigenvalue weighted by atomic mass is 10.2. The van der Waals surface area contributed by atoms with Crippen LogP contribution in [0.3, 0.4) is 0 Å². The third kappa shape index (κ3) is 4.59. The van der Waals surface area contributed by atoms with E-state index in [2.05, 4.69) is 10.1 Å². The topological polar surface area (TPSA) is 99.1 Å². The van der Waals surface area contributed by atoms with Gasteiger partial charge in [0.1, 0.15) is 9.84 Å². The monoisotopic (exact) mass is 317 g/mol. The number of rotatable bonds is 5. The summed E-state index contributed by atoms with van der Waals surface area (Å²) in [5.41, 5.74) is 6.66. The van der Waals surface area contributed by atoms with E-state index in [0.717, 1.165) is 5.56 Å². The zero-order valence-corrected chi connectivity index (χ0v) is 12.5. The standard InChI is InChI=1S/C12H15N3O3S.ClH/c1-19(16,17)8-7-10(13)12-14-11(15-18-12)9-5-3-2-4-6-9;/h2-6,10H,7-8,13H2,1H3;1H. The Hall–Kier alpha value is -1.44. The van der Waals surface area contributed by atoms with Crippen molar-refractivity contribution < 1.29 is 12.9 Å². The van der Waals surface area contributed by atoms with Crippen molar-refractivity contribution in [3.63, 3.8) is 0 Å². The Morgan fingerprint density at radius 2 is 1.95 bits per heavy atom. The number of aromatic nitrogens is 2. The molecule has 1 atom stereocenters. The molecule has 1 heterocycles. The van der Waals surface area contributed by atoms with Crippen molar-refractivity contribution in [3.8, 4) is 11.4 Å². The van der Waals surface area contributed by atoms with Gasteiger partial charge in [-0.25, -0.2) is 8.42 Å². The van der Waals surface area contributed by atoms with Gasteiger partial charge in [0, 0.05) is 11.8 Å². The Bertz CT molecular complexity index is 643. The summed E-state index contributed by atoms with van der Waals surface area (Å²) in [5.74, 6) is 0.699. The highest BCUT2D eigenvalue weighted by Crippen LogP contribution is 2.19. The van der Waals surface area contributed by atoms with E-state index in [1.807, 2.05) is 30.3 Å². The van der Waals surface area contributed by atoms with Gasteiger partial charge >= 0.3 is 0 Å². The van der Waals surface area contributed by atoms with Crippen LogP contribution in [0.1, 0.15) is 18.4 Å². The van der Waals surface area contributed by atoms with Crippen molar-refractivity contribution in [2.45, 2.75) is 12.5 Å². The summed E-state index contributed by atoms with van der Waals surface area (Å²) in [6.45, 7) is 0. The molecule has 0 amide bonds. The van der Waals surface area contributed by atoms with Crippen LogP contribution in [0.4, 0.5) is 0 Å². The number of nitrogens with two attached hydrogens (primary N) is 1. The van der Waals surface area contributed by atoms with E-state index >= 15 is 0 Å². The van der Waals surface area contributed by atoms with Crippen molar-refractivity contribution in [1.82, 2.24) is 10.1 Å². The van der Waals surface area contributed by atoms with E-state index in [0.29, 0.717) is 5.82 Å². The van der Waals surface area contributed by atoms with Crippen LogP contribution >= 0.6 is 12.4 Å². The molecule has 2 rings (SSSR count). The van der Waals surface area contributed by atoms with Crippen molar-refractivity contribution >= 4 is 22.2 Å². The Morgan fingerprint density at radius 1 is 1.30 bits per heavy atom. The fourth-order valence-corrected chi connectivity index (χ4v) is 2.24. The second-order valence-electron chi connectivity index (χ2n) is 4.35. The van der Waals surface area contributed by atoms with Gasteiger partial charge < -0.3 is 10.3 Å². The molecule has 0 bridgehead atoms. The third-order valence-corrected chi connectivity index (χ3v) is 3.57. The summed E-state index contributed by atoms with van der Waals surface area (Å²) in [4.78, 5) is 4.18. The smallest absolute Gasteiger partial charge is 0.243 e. The largest absolute Gasteiger partial charge is 0.337 e. The molecule has 1 aromatic heterocycles. The van der Waals surface area contributed by atoms with Gasteiger partial charge in [-0.2, -0.15) is 4.98 Å². The highest BCUT2D eigenvalue weighted by atomic mass is 35.5. The number of hydrogen-bond acceptors (Lipinski definition) is 6. The Balaban J connectivity index is 0.00000200. The Kier molecular flexibility index (Phi) is 5.67. The van der Waals surface area contributed by atoms with Crippen LogP contribution in [-0.2, 0) is 9.84 Å². The van der Waals surface area contributed by atoms with E-state index in [-0.39, 0.29) is 30.5 Å². The zero-order chi connectivity index (χ0) is 13.9. The molecule has 6 nitrogen and oxygen atoms in total. The van der Waals surface area contributed by atoms with E-state index in [1.165, 1.54) is 6.26 Å². The molecule has 0 spiro atoms. The number of sulfone groups is 1. The van der Waals surface area contributed by atoms with Crippen LogP contribution in [0.25, 0.3) is 11.4 Å². The molecule has 1 aromatic carbocycles. The van der Waals surface area contributed by atoms with E-state index < -0.39 is 15.9 Å². The van der Waals surface area contributed by atoms with E-state index in [4.69, 9.17) is 10.3 Å². The van der Waals surface area contributed by atoms with Gasteiger partial charge in [0.15, 0.2) is 0 Å². The van der Waals surface area contributed by atoms with Gasteiger partial charge in [-0.3, -0.25) is 0 Å². The lowest BCUT2D eigenvalue weighted by Crippen LogP contribution is -2.16. The maximum absolute atomic E-state index is 11.1. The quantitative estimate of drug-likeness (QED) is 0.899. The first-order valence-corrected chi connectivity index (χ1v) is 7.84. The Labute approximate surface area is 123 Å². The SMILES string of the molecule is CS(=O)(=O)CCC(N)c1nc(-c2ccccc2)no1.Cl. The first-order valence-electron chi connectivity index (χ1n) is 5.78. The minimum absolute atomic E-state index is 0. The molecular formula is C12H16ClN3O3S. The van der Waals surface area contributed by atoms with Gasteiger partial charge in [0.25, 0.3) is 0 Å². The second-order valence-corrected chi connectivity index (χ2v) is 6.61. The average Bonchev–Trinajstić information content (AvgIpc) is 2.86. The molecule has 2 aromatic rings. The van der Waals surface area contributed by atoms with Crippen molar-refractivity contribution in [2.75, 3.05) is 12.0 Å². The van der Waals surface area contributed by atoms with Gasteiger partial charge in [-0.05, 0) is 6.42 Å². The lowest BCUT2D eigenvalue weighted by molar-refractivity contribution is 0.352. The summed E-state index contributed by atoms with van der Waals surface area (Å²) in [6.07, 6.45) is 1.43. The third-order valence-electron chi connectivity index (χ3n) is 2.59. The van der Waals surface area contributed by atoms with Crippen LogP contribution in [-0.4, -0.2) is 30.6 Å². The van der Waals surface area contributed by atoms with Crippen LogP contribution in [0.5, 0.6) is 0 Å². The lowest BCUT2D eigenvalue weighted by Gasteiger charge is -2.04. The molecule has 2 N–H and O–H groups in total. The van der Waals surface area contributed by atoms with Crippen molar-refractivity contribution in [3.05, 3.63) is 36.2 Å². The number of benzene rings is 1. The molecule has 0 fully saturated rings. The highest BCUT2D eigenvalue weighted by molar-refractivity contribution is 7.90. The van der Waals surface area contributed by atoms with Crippen LogP contribution in [0.2, 0.25) is 0 Å². The first kappa shape index (κ1) is 16.6. The molecular weight excluding hydrogens is 302 g/mol. The van der Waals surface area contributed by atoms with Crippen molar-refractivity contribution in [1.29, 1.82) is 0 Å². The highest BCUT2D eigenvalue weighted by Gasteiger charge is 2.17. The molecule has 0 saturated carbocycles. The fraction of sp³-hybridized carbons (Fsp3) is 0.333. The molecule has 0 saturated heterocycles. The molecule has 0 aliphatic rings. The van der Waals surface area contributed by atoms with Crippen LogP contribution in [0, 0.1) is 0 Å².